The summed E-state index contributed by atoms with van der Waals surface area (Å²) in [6, 6.07) is 0. The first-order valence-electron chi connectivity index (χ1n) is 3.96. The van der Waals surface area contributed by atoms with E-state index in [0.29, 0.717) is 0 Å². The Kier molecular flexibility index (Phi) is 2.28. The Hall–Kier alpha value is -0.850. The lowest BCUT2D eigenvalue weighted by atomic mass is 9.94. The quantitative estimate of drug-likeness (QED) is 0.502. The first kappa shape index (κ1) is 8.25. The van der Waals surface area contributed by atoms with Crippen LogP contribution >= 0.6 is 0 Å². The second-order valence-electron chi connectivity index (χ2n) is 3.66. The van der Waals surface area contributed by atoms with Crippen LogP contribution < -0.4 is 0 Å². The lowest BCUT2D eigenvalue weighted by Gasteiger charge is -2.14. The van der Waals surface area contributed by atoms with Gasteiger partial charge in [0.1, 0.15) is 0 Å². The highest BCUT2D eigenvalue weighted by Crippen LogP contribution is 2.15. The van der Waals surface area contributed by atoms with E-state index in [2.05, 4.69) is 44.0 Å². The van der Waals surface area contributed by atoms with E-state index in [4.69, 9.17) is 0 Å². The van der Waals surface area contributed by atoms with Gasteiger partial charge in [-0.15, -0.1) is 0 Å². The summed E-state index contributed by atoms with van der Waals surface area (Å²) in [6.07, 6.45) is 8.41. The van der Waals surface area contributed by atoms with Crippen molar-refractivity contribution < 1.29 is 0 Å². The number of allylic oxidation sites excluding steroid dienone is 3. The minimum atomic E-state index is 0.122. The molecule has 0 spiro atoms. The minimum Gasteiger partial charge on any atom is -0.292 e. The van der Waals surface area contributed by atoms with Crippen molar-refractivity contribution in [2.75, 3.05) is 6.54 Å². The van der Waals surface area contributed by atoms with Crippen molar-refractivity contribution in [3.8, 4) is 0 Å². The third kappa shape index (κ3) is 2.71. The molecule has 0 aromatic rings. The maximum Gasteiger partial charge on any atom is 0.0596 e. The highest BCUT2D eigenvalue weighted by atomic mass is 14.7. The van der Waals surface area contributed by atoms with Gasteiger partial charge >= 0.3 is 0 Å². The van der Waals surface area contributed by atoms with Crippen molar-refractivity contribution in [2.45, 2.75) is 20.8 Å². The molecule has 0 saturated carbocycles. The summed E-state index contributed by atoms with van der Waals surface area (Å²) in [6.45, 7) is 7.25. The molecule has 0 amide bonds. The SMILES string of the molecule is C/C1=C/C=C\C(C)(C)C=NC1. The second kappa shape index (κ2) is 3.04. The number of aliphatic imine (C=N–C) groups is 1. The molecule has 1 rings (SSSR count). The highest BCUT2D eigenvalue weighted by Gasteiger charge is 2.09. The van der Waals surface area contributed by atoms with E-state index in [1.807, 2.05) is 6.21 Å². The maximum absolute atomic E-state index is 4.32. The standard InChI is InChI=1S/C10H15N/c1-9-5-4-6-10(2,3)8-11-7-9/h4-6,8H,7H2,1-3H3/b6-4-,9-5-,11-8?. The predicted octanol–water partition coefficient (Wildman–Crippen LogP) is 2.60. The summed E-state index contributed by atoms with van der Waals surface area (Å²) in [7, 11) is 0. The van der Waals surface area contributed by atoms with Crippen molar-refractivity contribution in [3.63, 3.8) is 0 Å². The molecule has 0 aliphatic carbocycles. The molecule has 1 heterocycles. The Morgan fingerprint density at radius 1 is 1.45 bits per heavy atom. The molecule has 0 bridgehead atoms. The molecule has 1 heteroatoms. The van der Waals surface area contributed by atoms with Crippen LogP contribution in [-0.2, 0) is 0 Å². The van der Waals surface area contributed by atoms with E-state index in [-0.39, 0.29) is 5.41 Å². The largest absolute Gasteiger partial charge is 0.292 e. The molecule has 1 nitrogen and oxygen atoms in total. The molecule has 0 unspecified atom stereocenters. The van der Waals surface area contributed by atoms with Crippen LogP contribution in [0.1, 0.15) is 20.8 Å². The smallest absolute Gasteiger partial charge is 0.0596 e. The molecule has 0 fully saturated rings. The fraction of sp³-hybridized carbons (Fsp3) is 0.500. The topological polar surface area (TPSA) is 12.4 Å². The monoisotopic (exact) mass is 149 g/mol. The van der Waals surface area contributed by atoms with Gasteiger partial charge in [0.05, 0.1) is 6.54 Å². The maximum atomic E-state index is 4.32. The molecule has 1 aliphatic rings. The van der Waals surface area contributed by atoms with Crippen LogP contribution in [0, 0.1) is 5.41 Å². The van der Waals surface area contributed by atoms with Crippen LogP contribution in [0.15, 0.2) is 28.8 Å². The molecular formula is C10H15N. The second-order valence-corrected chi connectivity index (χ2v) is 3.66. The van der Waals surface area contributed by atoms with Gasteiger partial charge in [-0.3, -0.25) is 4.99 Å². The number of hydrogen-bond acceptors (Lipinski definition) is 1. The zero-order valence-electron chi connectivity index (χ0n) is 7.46. The molecule has 0 atom stereocenters. The van der Waals surface area contributed by atoms with E-state index in [1.54, 1.807) is 0 Å². The van der Waals surface area contributed by atoms with Gasteiger partial charge in [0, 0.05) is 11.6 Å². The number of hydrogen-bond donors (Lipinski definition) is 0. The summed E-state index contributed by atoms with van der Waals surface area (Å²) in [5.41, 5.74) is 1.44. The van der Waals surface area contributed by atoms with Gasteiger partial charge in [-0.05, 0) is 6.92 Å². The van der Waals surface area contributed by atoms with Gasteiger partial charge in [-0.2, -0.15) is 0 Å². The minimum absolute atomic E-state index is 0.122. The van der Waals surface area contributed by atoms with Gasteiger partial charge in [-0.25, -0.2) is 0 Å². The predicted molar refractivity (Wildman–Crippen MR) is 50.0 cm³/mol. The van der Waals surface area contributed by atoms with E-state index in [9.17, 15) is 0 Å². The lowest BCUT2D eigenvalue weighted by Crippen LogP contribution is -2.10. The zero-order chi connectivity index (χ0) is 8.32. The summed E-state index contributed by atoms with van der Waals surface area (Å²) < 4.78 is 0. The fourth-order valence-corrected chi connectivity index (χ4v) is 0.981. The summed E-state index contributed by atoms with van der Waals surface area (Å²) in [4.78, 5) is 4.32. The summed E-state index contributed by atoms with van der Waals surface area (Å²) >= 11 is 0. The molecule has 0 aromatic heterocycles. The van der Waals surface area contributed by atoms with Crippen LogP contribution in [0.4, 0.5) is 0 Å². The molecule has 1 aliphatic heterocycles. The average Bonchev–Trinajstić information content (AvgIpc) is 1.83. The Balaban J connectivity index is 2.84. The summed E-state index contributed by atoms with van der Waals surface area (Å²) in [5.74, 6) is 0. The molecule has 0 saturated heterocycles. The first-order chi connectivity index (χ1) is 5.10. The van der Waals surface area contributed by atoms with Crippen LogP contribution in [-0.4, -0.2) is 12.8 Å². The highest BCUT2D eigenvalue weighted by molar-refractivity contribution is 5.68. The van der Waals surface area contributed by atoms with Gasteiger partial charge < -0.3 is 0 Å². The lowest BCUT2D eigenvalue weighted by molar-refractivity contribution is 0.689. The summed E-state index contributed by atoms with van der Waals surface area (Å²) in [5, 5.41) is 0. The van der Waals surface area contributed by atoms with Gasteiger partial charge in [-0.1, -0.05) is 37.6 Å². The van der Waals surface area contributed by atoms with Gasteiger partial charge in [0.15, 0.2) is 0 Å². The molecule has 0 N–H and O–H groups in total. The Morgan fingerprint density at radius 3 is 2.91 bits per heavy atom. The number of rotatable bonds is 0. The van der Waals surface area contributed by atoms with E-state index < -0.39 is 0 Å². The van der Waals surface area contributed by atoms with Crippen molar-refractivity contribution in [3.05, 3.63) is 23.8 Å². The molecule has 11 heavy (non-hydrogen) atoms. The number of nitrogens with zero attached hydrogens (tertiary/aromatic N) is 1. The fourth-order valence-electron chi connectivity index (χ4n) is 0.981. The van der Waals surface area contributed by atoms with Crippen LogP contribution in [0.2, 0.25) is 0 Å². The van der Waals surface area contributed by atoms with Crippen LogP contribution in [0.25, 0.3) is 0 Å². The molecule has 0 radical (unpaired) electrons. The van der Waals surface area contributed by atoms with E-state index >= 15 is 0 Å². The van der Waals surface area contributed by atoms with Gasteiger partial charge in [0.2, 0.25) is 0 Å². The Labute approximate surface area is 68.5 Å². The van der Waals surface area contributed by atoms with Crippen LogP contribution in [0.5, 0.6) is 0 Å². The Morgan fingerprint density at radius 2 is 2.18 bits per heavy atom. The first-order valence-corrected chi connectivity index (χ1v) is 3.96. The van der Waals surface area contributed by atoms with Crippen LogP contribution in [0.3, 0.4) is 0 Å². The zero-order valence-corrected chi connectivity index (χ0v) is 7.46. The molecule has 60 valence electrons. The van der Waals surface area contributed by atoms with Crippen molar-refractivity contribution in [2.24, 2.45) is 10.4 Å². The van der Waals surface area contributed by atoms with Gasteiger partial charge in [0.25, 0.3) is 0 Å². The van der Waals surface area contributed by atoms with E-state index in [1.165, 1.54) is 5.57 Å². The van der Waals surface area contributed by atoms with Crippen molar-refractivity contribution in [1.29, 1.82) is 0 Å². The third-order valence-electron chi connectivity index (χ3n) is 1.67. The van der Waals surface area contributed by atoms with E-state index in [0.717, 1.165) is 6.54 Å². The molecule has 0 aromatic carbocycles. The van der Waals surface area contributed by atoms with Crippen molar-refractivity contribution >= 4 is 6.21 Å². The Bertz CT molecular complexity index is 219. The molecular weight excluding hydrogens is 134 g/mol. The third-order valence-corrected chi connectivity index (χ3v) is 1.67. The normalized spacial score (nSPS) is 29.9. The average molecular weight is 149 g/mol. The van der Waals surface area contributed by atoms with Crippen molar-refractivity contribution in [1.82, 2.24) is 0 Å².